The second-order valence-corrected chi connectivity index (χ2v) is 4.65. The predicted molar refractivity (Wildman–Crippen MR) is 67.3 cm³/mol. The van der Waals surface area contributed by atoms with Gasteiger partial charge in [-0.25, -0.2) is 0 Å². The molecule has 3 unspecified atom stereocenters. The standard InChI is InChI=1S/C12H24N2O4/c1-9(7-17-2)18-8-10(15)6-14-11-4-3-5-13-12(11)16/h9-11,14-15H,3-8H2,1-2H3,(H,13,16). The fourth-order valence-electron chi connectivity index (χ4n) is 1.86. The number of hydrogen-bond acceptors (Lipinski definition) is 5. The summed E-state index contributed by atoms with van der Waals surface area (Å²) in [6.45, 7) is 3.74. The zero-order valence-corrected chi connectivity index (χ0v) is 11.1. The number of aliphatic hydroxyl groups is 1. The van der Waals surface area contributed by atoms with E-state index in [1.807, 2.05) is 6.92 Å². The lowest BCUT2D eigenvalue weighted by Crippen LogP contribution is -2.50. The second kappa shape index (κ2) is 8.42. The molecule has 3 N–H and O–H groups in total. The molecular weight excluding hydrogens is 236 g/mol. The van der Waals surface area contributed by atoms with E-state index in [-0.39, 0.29) is 24.7 Å². The number of methoxy groups -OCH3 is 1. The van der Waals surface area contributed by atoms with Crippen molar-refractivity contribution in [2.24, 2.45) is 0 Å². The second-order valence-electron chi connectivity index (χ2n) is 4.65. The van der Waals surface area contributed by atoms with Crippen LogP contribution in [0.3, 0.4) is 0 Å². The van der Waals surface area contributed by atoms with Gasteiger partial charge in [-0.05, 0) is 19.8 Å². The number of aliphatic hydroxyl groups excluding tert-OH is 1. The number of nitrogens with one attached hydrogen (secondary N) is 2. The van der Waals surface area contributed by atoms with E-state index in [2.05, 4.69) is 10.6 Å². The molecule has 0 radical (unpaired) electrons. The van der Waals surface area contributed by atoms with Gasteiger partial charge in [0.15, 0.2) is 0 Å². The van der Waals surface area contributed by atoms with E-state index in [9.17, 15) is 9.90 Å². The molecule has 106 valence electrons. The highest BCUT2D eigenvalue weighted by Crippen LogP contribution is 2.03. The molecule has 1 aliphatic heterocycles. The van der Waals surface area contributed by atoms with Crippen LogP contribution < -0.4 is 10.6 Å². The fraction of sp³-hybridized carbons (Fsp3) is 0.917. The molecule has 0 aromatic heterocycles. The van der Waals surface area contributed by atoms with Gasteiger partial charge < -0.3 is 25.2 Å². The summed E-state index contributed by atoms with van der Waals surface area (Å²) in [5.41, 5.74) is 0. The molecule has 1 amide bonds. The van der Waals surface area contributed by atoms with Crippen LogP contribution in [0.1, 0.15) is 19.8 Å². The summed E-state index contributed by atoms with van der Waals surface area (Å²) < 4.78 is 10.3. The predicted octanol–water partition coefficient (Wildman–Crippen LogP) is -0.733. The van der Waals surface area contributed by atoms with Gasteiger partial charge in [-0.3, -0.25) is 4.79 Å². The normalized spacial score (nSPS) is 23.5. The summed E-state index contributed by atoms with van der Waals surface area (Å²) >= 11 is 0. The van der Waals surface area contributed by atoms with Gasteiger partial charge in [-0.2, -0.15) is 0 Å². The van der Waals surface area contributed by atoms with E-state index in [4.69, 9.17) is 9.47 Å². The van der Waals surface area contributed by atoms with Crippen LogP contribution in [0.25, 0.3) is 0 Å². The van der Waals surface area contributed by atoms with Crippen molar-refractivity contribution in [1.82, 2.24) is 10.6 Å². The maximum absolute atomic E-state index is 11.5. The fourth-order valence-corrected chi connectivity index (χ4v) is 1.86. The molecule has 0 saturated carbocycles. The van der Waals surface area contributed by atoms with Crippen LogP contribution in [0.5, 0.6) is 0 Å². The average Bonchev–Trinajstić information content (AvgIpc) is 2.36. The van der Waals surface area contributed by atoms with Gasteiger partial charge in [0.05, 0.1) is 31.5 Å². The zero-order chi connectivity index (χ0) is 13.4. The van der Waals surface area contributed by atoms with Gasteiger partial charge in [0.2, 0.25) is 5.91 Å². The first-order valence-corrected chi connectivity index (χ1v) is 6.43. The molecule has 1 heterocycles. The van der Waals surface area contributed by atoms with Gasteiger partial charge in [-0.15, -0.1) is 0 Å². The smallest absolute Gasteiger partial charge is 0.237 e. The zero-order valence-electron chi connectivity index (χ0n) is 11.1. The summed E-state index contributed by atoms with van der Waals surface area (Å²) in [5, 5.41) is 15.6. The number of amides is 1. The van der Waals surface area contributed by atoms with Crippen molar-refractivity contribution in [3.05, 3.63) is 0 Å². The Balaban J connectivity index is 2.12. The average molecular weight is 260 g/mol. The molecule has 1 saturated heterocycles. The van der Waals surface area contributed by atoms with Crippen LogP contribution in [-0.4, -0.2) is 62.7 Å². The Bertz CT molecular complexity index is 250. The van der Waals surface area contributed by atoms with Crippen molar-refractivity contribution in [3.63, 3.8) is 0 Å². The van der Waals surface area contributed by atoms with E-state index < -0.39 is 6.10 Å². The van der Waals surface area contributed by atoms with Gasteiger partial charge in [0, 0.05) is 20.2 Å². The Kier molecular flexibility index (Phi) is 7.19. The molecule has 1 aliphatic rings. The SMILES string of the molecule is COCC(C)OCC(O)CNC1CCCNC1=O. The molecular formula is C12H24N2O4. The molecule has 0 aromatic carbocycles. The first-order valence-electron chi connectivity index (χ1n) is 6.43. The van der Waals surface area contributed by atoms with Crippen LogP contribution in [0.2, 0.25) is 0 Å². The summed E-state index contributed by atoms with van der Waals surface area (Å²) in [4.78, 5) is 11.5. The van der Waals surface area contributed by atoms with E-state index in [0.717, 1.165) is 19.4 Å². The minimum atomic E-state index is -0.612. The minimum absolute atomic E-state index is 0.0159. The van der Waals surface area contributed by atoms with Gasteiger partial charge in [0.25, 0.3) is 0 Å². The first kappa shape index (κ1) is 15.4. The highest BCUT2D eigenvalue weighted by Gasteiger charge is 2.22. The lowest BCUT2D eigenvalue weighted by molar-refractivity contribution is -0.124. The summed E-state index contributed by atoms with van der Waals surface area (Å²) in [6, 6.07) is -0.190. The third kappa shape index (κ3) is 5.77. The van der Waals surface area contributed by atoms with Crippen molar-refractivity contribution in [2.45, 2.75) is 38.0 Å². The van der Waals surface area contributed by atoms with Crippen LogP contribution in [0.4, 0.5) is 0 Å². The molecule has 6 nitrogen and oxygen atoms in total. The van der Waals surface area contributed by atoms with Gasteiger partial charge in [0.1, 0.15) is 0 Å². The topological polar surface area (TPSA) is 79.8 Å². The molecule has 6 heteroatoms. The molecule has 0 bridgehead atoms. The highest BCUT2D eigenvalue weighted by atomic mass is 16.5. The molecule has 0 spiro atoms. The number of carbonyl (C=O) groups excluding carboxylic acids is 1. The van der Waals surface area contributed by atoms with Crippen molar-refractivity contribution in [3.8, 4) is 0 Å². The van der Waals surface area contributed by atoms with Crippen LogP contribution in [0.15, 0.2) is 0 Å². The number of rotatable bonds is 8. The van der Waals surface area contributed by atoms with E-state index in [0.29, 0.717) is 13.2 Å². The van der Waals surface area contributed by atoms with Crippen molar-refractivity contribution in [2.75, 3.05) is 33.4 Å². The molecule has 0 aromatic rings. The van der Waals surface area contributed by atoms with Crippen LogP contribution in [0, 0.1) is 0 Å². The number of ether oxygens (including phenoxy) is 2. The third-order valence-electron chi connectivity index (χ3n) is 2.86. The number of piperidine rings is 1. The van der Waals surface area contributed by atoms with Crippen molar-refractivity contribution < 1.29 is 19.4 Å². The van der Waals surface area contributed by atoms with E-state index >= 15 is 0 Å². The lowest BCUT2D eigenvalue weighted by atomic mass is 10.1. The Morgan fingerprint density at radius 2 is 2.33 bits per heavy atom. The number of hydrogen-bond donors (Lipinski definition) is 3. The monoisotopic (exact) mass is 260 g/mol. The Morgan fingerprint density at radius 1 is 1.56 bits per heavy atom. The Hall–Kier alpha value is -0.690. The van der Waals surface area contributed by atoms with Gasteiger partial charge in [-0.1, -0.05) is 0 Å². The minimum Gasteiger partial charge on any atom is -0.389 e. The third-order valence-corrected chi connectivity index (χ3v) is 2.86. The summed E-state index contributed by atoms with van der Waals surface area (Å²) in [5.74, 6) is 0.0159. The lowest BCUT2D eigenvalue weighted by Gasteiger charge is -2.24. The molecule has 1 fully saturated rings. The van der Waals surface area contributed by atoms with Crippen LogP contribution >= 0.6 is 0 Å². The molecule has 3 atom stereocenters. The largest absolute Gasteiger partial charge is 0.389 e. The molecule has 18 heavy (non-hydrogen) atoms. The van der Waals surface area contributed by atoms with Gasteiger partial charge >= 0.3 is 0 Å². The van der Waals surface area contributed by atoms with Crippen molar-refractivity contribution >= 4 is 5.91 Å². The Morgan fingerprint density at radius 3 is 3.00 bits per heavy atom. The summed E-state index contributed by atoms with van der Waals surface area (Å²) in [7, 11) is 1.61. The van der Waals surface area contributed by atoms with Crippen LogP contribution in [-0.2, 0) is 14.3 Å². The number of carbonyl (C=O) groups is 1. The quantitative estimate of drug-likeness (QED) is 0.536. The Labute approximate surface area is 108 Å². The first-order chi connectivity index (χ1) is 8.63. The maximum Gasteiger partial charge on any atom is 0.237 e. The molecule has 0 aliphatic carbocycles. The van der Waals surface area contributed by atoms with E-state index in [1.165, 1.54) is 0 Å². The molecule has 1 rings (SSSR count). The summed E-state index contributed by atoms with van der Waals surface area (Å²) in [6.07, 6.45) is 1.14. The maximum atomic E-state index is 11.5. The highest BCUT2D eigenvalue weighted by molar-refractivity contribution is 5.82. The van der Waals surface area contributed by atoms with Crippen molar-refractivity contribution in [1.29, 1.82) is 0 Å². The van der Waals surface area contributed by atoms with E-state index in [1.54, 1.807) is 7.11 Å².